The van der Waals surface area contributed by atoms with Crippen molar-refractivity contribution >= 4 is 22.9 Å². The van der Waals surface area contributed by atoms with E-state index in [9.17, 15) is 4.39 Å². The molecule has 1 rings (SSSR count). The first kappa shape index (κ1) is 14.9. The first-order valence-corrected chi connectivity index (χ1v) is 6.23. The predicted molar refractivity (Wildman–Crippen MR) is 76.6 cm³/mol. The average molecular weight is 270 g/mol. The van der Waals surface area contributed by atoms with Crippen LogP contribution in [0.4, 0.5) is 10.1 Å². The summed E-state index contributed by atoms with van der Waals surface area (Å²) in [7, 11) is 1.64. The molecule has 0 aromatic heterocycles. The Morgan fingerprint density at radius 2 is 2.17 bits per heavy atom. The third-order valence-electron chi connectivity index (χ3n) is 2.71. The lowest BCUT2D eigenvalue weighted by Crippen LogP contribution is -2.35. The molecule has 100 valence electrons. The molecule has 3 nitrogen and oxygen atoms in total. The number of nitrogens with two attached hydrogens (primary N) is 1. The van der Waals surface area contributed by atoms with Crippen molar-refractivity contribution in [3.63, 3.8) is 0 Å². The lowest BCUT2D eigenvalue weighted by Gasteiger charge is -2.30. The Hall–Kier alpha value is -1.20. The van der Waals surface area contributed by atoms with Gasteiger partial charge >= 0.3 is 0 Å². The van der Waals surface area contributed by atoms with E-state index in [1.54, 1.807) is 13.2 Å². The summed E-state index contributed by atoms with van der Waals surface area (Å²) in [4.78, 5) is 2.10. The number of methoxy groups -OCH3 is 1. The predicted octanol–water partition coefficient (Wildman–Crippen LogP) is 2.32. The molecule has 0 unspecified atom stereocenters. The molecule has 0 radical (unpaired) electrons. The summed E-state index contributed by atoms with van der Waals surface area (Å²) in [6, 6.07) is 5.06. The minimum Gasteiger partial charge on any atom is -0.389 e. The van der Waals surface area contributed by atoms with Crippen LogP contribution in [-0.2, 0) is 4.74 Å². The number of anilines is 1. The summed E-state index contributed by atoms with van der Waals surface area (Å²) in [5.74, 6) is -0.386. The van der Waals surface area contributed by atoms with Gasteiger partial charge in [-0.15, -0.1) is 0 Å². The van der Waals surface area contributed by atoms with Gasteiger partial charge in [0.2, 0.25) is 0 Å². The first-order valence-electron chi connectivity index (χ1n) is 5.83. The largest absolute Gasteiger partial charge is 0.389 e. The normalized spacial score (nSPS) is 10.7. The first-order chi connectivity index (χ1) is 8.49. The fourth-order valence-corrected chi connectivity index (χ4v) is 2.04. The second-order valence-corrected chi connectivity index (χ2v) is 4.72. The molecular formula is C13H19FN2OS. The number of hydrogen-bond acceptors (Lipinski definition) is 3. The Bertz CT molecular complexity index is 423. The van der Waals surface area contributed by atoms with Crippen LogP contribution in [0.5, 0.6) is 0 Å². The number of rotatable bonds is 6. The summed E-state index contributed by atoms with van der Waals surface area (Å²) in [6.45, 7) is 5.28. The summed E-state index contributed by atoms with van der Waals surface area (Å²) in [5, 5.41) is 0. The van der Waals surface area contributed by atoms with Crippen LogP contribution in [0.2, 0.25) is 0 Å². The molecule has 2 N–H and O–H groups in total. The molecule has 0 amide bonds. The van der Waals surface area contributed by atoms with E-state index in [1.807, 2.05) is 24.8 Å². The monoisotopic (exact) mass is 270 g/mol. The highest BCUT2D eigenvalue weighted by molar-refractivity contribution is 7.80. The van der Waals surface area contributed by atoms with Gasteiger partial charge in [0.25, 0.3) is 0 Å². The van der Waals surface area contributed by atoms with Gasteiger partial charge in [0.1, 0.15) is 10.8 Å². The fourth-order valence-electron chi connectivity index (χ4n) is 1.84. The van der Waals surface area contributed by atoms with Crippen molar-refractivity contribution in [2.24, 2.45) is 5.73 Å². The van der Waals surface area contributed by atoms with Crippen molar-refractivity contribution in [2.75, 3.05) is 25.2 Å². The topological polar surface area (TPSA) is 38.5 Å². The van der Waals surface area contributed by atoms with Crippen LogP contribution in [0.15, 0.2) is 18.2 Å². The van der Waals surface area contributed by atoms with Gasteiger partial charge in [-0.25, -0.2) is 4.39 Å². The van der Waals surface area contributed by atoms with E-state index < -0.39 is 0 Å². The van der Waals surface area contributed by atoms with Gasteiger partial charge in [-0.05, 0) is 26.0 Å². The van der Waals surface area contributed by atoms with Crippen molar-refractivity contribution in [1.29, 1.82) is 0 Å². The average Bonchev–Trinajstić information content (AvgIpc) is 2.28. The molecule has 5 heteroatoms. The van der Waals surface area contributed by atoms with Crippen molar-refractivity contribution in [1.82, 2.24) is 0 Å². The number of ether oxygens (including phenoxy) is 1. The SMILES string of the molecule is COCCN(c1cccc(F)c1C(N)=S)C(C)C. The van der Waals surface area contributed by atoms with Gasteiger partial charge in [-0.1, -0.05) is 18.3 Å². The summed E-state index contributed by atoms with van der Waals surface area (Å²) >= 11 is 4.94. The zero-order valence-electron chi connectivity index (χ0n) is 10.9. The van der Waals surface area contributed by atoms with E-state index in [0.29, 0.717) is 18.7 Å². The van der Waals surface area contributed by atoms with Gasteiger partial charge in [-0.3, -0.25) is 0 Å². The Balaban J connectivity index is 3.19. The highest BCUT2D eigenvalue weighted by Gasteiger charge is 2.18. The number of halogens is 1. The molecule has 0 saturated heterocycles. The molecule has 0 aliphatic rings. The molecule has 0 bridgehead atoms. The highest BCUT2D eigenvalue weighted by atomic mass is 32.1. The molecule has 0 fully saturated rings. The zero-order valence-corrected chi connectivity index (χ0v) is 11.8. The second kappa shape index (κ2) is 6.66. The van der Waals surface area contributed by atoms with Crippen LogP contribution in [-0.4, -0.2) is 31.3 Å². The third-order valence-corrected chi connectivity index (χ3v) is 2.91. The van der Waals surface area contributed by atoms with Crippen LogP contribution in [0.25, 0.3) is 0 Å². The minimum absolute atomic E-state index is 0.0752. The van der Waals surface area contributed by atoms with Crippen molar-refractivity contribution < 1.29 is 9.13 Å². The second-order valence-electron chi connectivity index (χ2n) is 4.28. The molecule has 0 aliphatic carbocycles. The maximum Gasteiger partial charge on any atom is 0.135 e. The standard InChI is InChI=1S/C13H19FN2OS/c1-9(2)16(7-8-17-3)11-6-4-5-10(14)12(11)13(15)18/h4-6,9H,7-8H2,1-3H3,(H2,15,18). The number of hydrogen-bond donors (Lipinski definition) is 1. The van der Waals surface area contributed by atoms with E-state index in [2.05, 4.69) is 0 Å². The fraction of sp³-hybridized carbons (Fsp3) is 0.462. The molecule has 1 aromatic rings. The van der Waals surface area contributed by atoms with Crippen molar-refractivity contribution in [3.8, 4) is 0 Å². The Morgan fingerprint density at radius 1 is 1.50 bits per heavy atom. The molecule has 0 atom stereocenters. The van der Waals surface area contributed by atoms with Gasteiger partial charge in [0, 0.05) is 19.7 Å². The summed E-state index contributed by atoms with van der Waals surface area (Å²) in [6.07, 6.45) is 0. The molecule has 0 heterocycles. The van der Waals surface area contributed by atoms with Gasteiger partial charge in [0.05, 0.1) is 17.9 Å². The molecule has 0 spiro atoms. The Morgan fingerprint density at radius 3 is 2.67 bits per heavy atom. The quantitative estimate of drug-likeness (QED) is 0.805. The lowest BCUT2D eigenvalue weighted by molar-refractivity contribution is 0.204. The highest BCUT2D eigenvalue weighted by Crippen LogP contribution is 2.24. The smallest absolute Gasteiger partial charge is 0.135 e. The Kier molecular flexibility index (Phi) is 5.50. The molecule has 0 saturated carbocycles. The van der Waals surface area contributed by atoms with Gasteiger partial charge < -0.3 is 15.4 Å². The summed E-state index contributed by atoms with van der Waals surface area (Å²) in [5.41, 5.74) is 6.64. The lowest BCUT2D eigenvalue weighted by atomic mass is 10.1. The third kappa shape index (κ3) is 3.40. The van der Waals surface area contributed by atoms with E-state index in [0.717, 1.165) is 5.69 Å². The number of thiocarbonyl (C=S) groups is 1. The van der Waals surface area contributed by atoms with Crippen LogP contribution in [0.3, 0.4) is 0 Å². The molecule has 0 aliphatic heterocycles. The van der Waals surface area contributed by atoms with Crippen molar-refractivity contribution in [3.05, 3.63) is 29.6 Å². The molecule has 1 aromatic carbocycles. The van der Waals surface area contributed by atoms with E-state index in [1.165, 1.54) is 6.07 Å². The van der Waals surface area contributed by atoms with Crippen LogP contribution in [0.1, 0.15) is 19.4 Å². The Labute approximate surface area is 113 Å². The number of nitrogens with zero attached hydrogens (tertiary/aromatic N) is 1. The van der Waals surface area contributed by atoms with E-state index >= 15 is 0 Å². The van der Waals surface area contributed by atoms with Crippen LogP contribution < -0.4 is 10.6 Å². The maximum atomic E-state index is 13.8. The van der Waals surface area contributed by atoms with Gasteiger partial charge in [-0.2, -0.15) is 0 Å². The minimum atomic E-state index is -0.386. The van der Waals surface area contributed by atoms with Crippen molar-refractivity contribution in [2.45, 2.75) is 19.9 Å². The molecular weight excluding hydrogens is 251 g/mol. The summed E-state index contributed by atoms with van der Waals surface area (Å²) < 4.78 is 18.9. The molecule has 18 heavy (non-hydrogen) atoms. The van der Waals surface area contributed by atoms with Crippen LogP contribution in [0, 0.1) is 5.82 Å². The van der Waals surface area contributed by atoms with Crippen LogP contribution >= 0.6 is 12.2 Å². The van der Waals surface area contributed by atoms with E-state index in [4.69, 9.17) is 22.7 Å². The number of benzene rings is 1. The maximum absolute atomic E-state index is 13.8. The zero-order chi connectivity index (χ0) is 13.7. The van der Waals surface area contributed by atoms with Gasteiger partial charge in [0.15, 0.2) is 0 Å². The van der Waals surface area contributed by atoms with E-state index in [-0.39, 0.29) is 16.8 Å².